The molecule has 12 heavy (non-hydrogen) atoms. The lowest BCUT2D eigenvalue weighted by Crippen LogP contribution is -2.14. The molecule has 0 amide bonds. The summed E-state index contributed by atoms with van der Waals surface area (Å²) >= 11 is 0. The first-order chi connectivity index (χ1) is 5.86. The van der Waals surface area contributed by atoms with Crippen molar-refractivity contribution in [1.82, 2.24) is 15.3 Å². The van der Waals surface area contributed by atoms with Gasteiger partial charge in [0.25, 0.3) is 0 Å². The van der Waals surface area contributed by atoms with Gasteiger partial charge in [-0.1, -0.05) is 6.92 Å². The Morgan fingerprint density at radius 2 is 2.08 bits per heavy atom. The van der Waals surface area contributed by atoms with E-state index in [1.807, 2.05) is 14.0 Å². The fraction of sp³-hybridized carbons (Fsp3) is 0.500. The number of hydrogen-bond acceptors (Lipinski definition) is 4. The fourth-order valence-electron chi connectivity index (χ4n) is 0.756. The summed E-state index contributed by atoms with van der Waals surface area (Å²) in [4.78, 5) is 8.17. The number of aryl methyl sites for hydroxylation is 1. The highest BCUT2D eigenvalue weighted by Crippen LogP contribution is 2.05. The molecule has 0 fully saturated rings. The lowest BCUT2D eigenvalue weighted by atomic mass is 10.4. The minimum Gasteiger partial charge on any atom is -0.475 e. The molecule has 0 spiro atoms. The van der Waals surface area contributed by atoms with E-state index >= 15 is 0 Å². The van der Waals surface area contributed by atoms with Crippen LogP contribution in [0.1, 0.15) is 12.7 Å². The predicted octanol–water partition coefficient (Wildman–Crippen LogP) is 0.595. The summed E-state index contributed by atoms with van der Waals surface area (Å²) < 4.78 is 5.22. The molecule has 0 unspecified atom stereocenters. The Bertz CT molecular complexity index is 222. The van der Waals surface area contributed by atoms with E-state index in [9.17, 15) is 0 Å². The number of nitrogens with zero attached hydrogens (tertiary/aromatic N) is 2. The second kappa shape index (κ2) is 4.66. The van der Waals surface area contributed by atoms with Crippen molar-refractivity contribution in [2.75, 3.05) is 13.8 Å². The van der Waals surface area contributed by atoms with Crippen LogP contribution < -0.4 is 10.1 Å². The maximum atomic E-state index is 5.22. The quantitative estimate of drug-likeness (QED) is 0.667. The monoisotopic (exact) mass is 167 g/mol. The van der Waals surface area contributed by atoms with Crippen molar-refractivity contribution in [3.8, 4) is 5.75 Å². The van der Waals surface area contributed by atoms with Gasteiger partial charge in [0.15, 0.2) is 5.75 Å². The van der Waals surface area contributed by atoms with E-state index < -0.39 is 0 Å². The number of hydrogen-bond donors (Lipinski definition) is 1. The zero-order chi connectivity index (χ0) is 8.81. The molecule has 1 aromatic rings. The molecule has 0 aliphatic heterocycles. The molecule has 0 atom stereocenters. The molecule has 66 valence electrons. The summed E-state index contributed by atoms with van der Waals surface area (Å²) in [6.45, 7) is 2.50. The Labute approximate surface area is 72.0 Å². The second-order valence-corrected chi connectivity index (χ2v) is 2.33. The zero-order valence-electron chi connectivity index (χ0n) is 7.37. The first-order valence-corrected chi connectivity index (χ1v) is 3.95. The van der Waals surface area contributed by atoms with Crippen LogP contribution in [0.3, 0.4) is 0 Å². The highest BCUT2D eigenvalue weighted by Gasteiger charge is 1.94. The average Bonchev–Trinajstić information content (AvgIpc) is 2.15. The Balaban J connectivity index is 2.53. The van der Waals surface area contributed by atoms with Crippen LogP contribution in [0.4, 0.5) is 0 Å². The van der Waals surface area contributed by atoms with Crippen molar-refractivity contribution in [3.63, 3.8) is 0 Å². The SMILES string of the molecule is CCc1ncc(OCNC)cn1. The third-order valence-electron chi connectivity index (χ3n) is 1.38. The number of aromatic nitrogens is 2. The van der Waals surface area contributed by atoms with Crippen LogP contribution in [0.2, 0.25) is 0 Å². The Kier molecular flexibility index (Phi) is 3.47. The van der Waals surface area contributed by atoms with Gasteiger partial charge in [-0.05, 0) is 7.05 Å². The van der Waals surface area contributed by atoms with Crippen LogP contribution in [-0.2, 0) is 6.42 Å². The van der Waals surface area contributed by atoms with Gasteiger partial charge in [-0.25, -0.2) is 9.97 Å². The molecule has 1 heterocycles. The molecule has 0 aromatic carbocycles. The third kappa shape index (κ3) is 2.47. The van der Waals surface area contributed by atoms with Crippen LogP contribution in [0.25, 0.3) is 0 Å². The maximum absolute atomic E-state index is 5.22. The maximum Gasteiger partial charge on any atom is 0.157 e. The van der Waals surface area contributed by atoms with E-state index in [4.69, 9.17) is 4.74 Å². The zero-order valence-corrected chi connectivity index (χ0v) is 7.37. The molecule has 0 saturated heterocycles. The fourth-order valence-corrected chi connectivity index (χ4v) is 0.756. The van der Waals surface area contributed by atoms with Crippen LogP contribution in [0.15, 0.2) is 12.4 Å². The summed E-state index contributed by atoms with van der Waals surface area (Å²) in [6, 6.07) is 0. The molecular formula is C8H13N3O. The summed E-state index contributed by atoms with van der Waals surface area (Å²) in [7, 11) is 1.82. The highest BCUT2D eigenvalue weighted by molar-refractivity contribution is 5.12. The van der Waals surface area contributed by atoms with Crippen molar-refractivity contribution in [2.45, 2.75) is 13.3 Å². The smallest absolute Gasteiger partial charge is 0.157 e. The van der Waals surface area contributed by atoms with E-state index in [1.165, 1.54) is 0 Å². The van der Waals surface area contributed by atoms with Crippen LogP contribution in [-0.4, -0.2) is 23.7 Å². The van der Waals surface area contributed by atoms with Gasteiger partial charge in [0.05, 0.1) is 12.4 Å². The largest absolute Gasteiger partial charge is 0.475 e. The lowest BCUT2D eigenvalue weighted by molar-refractivity contribution is 0.293. The van der Waals surface area contributed by atoms with E-state index in [-0.39, 0.29) is 0 Å². The molecular weight excluding hydrogens is 154 g/mol. The predicted molar refractivity (Wildman–Crippen MR) is 46.0 cm³/mol. The number of rotatable bonds is 4. The molecule has 0 aliphatic rings. The molecule has 1 rings (SSSR count). The van der Waals surface area contributed by atoms with Gasteiger partial charge in [0.1, 0.15) is 12.6 Å². The Morgan fingerprint density at radius 3 is 2.58 bits per heavy atom. The standard InChI is InChI=1S/C8H13N3O/c1-3-8-10-4-7(5-11-8)12-6-9-2/h4-5,9H,3,6H2,1-2H3. The van der Waals surface area contributed by atoms with E-state index in [0.717, 1.165) is 12.2 Å². The molecule has 1 aromatic heterocycles. The molecule has 1 N–H and O–H groups in total. The average molecular weight is 167 g/mol. The first-order valence-electron chi connectivity index (χ1n) is 3.95. The summed E-state index contributed by atoms with van der Waals surface area (Å²) in [5.41, 5.74) is 0. The van der Waals surface area contributed by atoms with Gasteiger partial charge in [-0.15, -0.1) is 0 Å². The summed E-state index contributed by atoms with van der Waals surface area (Å²) in [6.07, 6.45) is 4.22. The van der Waals surface area contributed by atoms with Gasteiger partial charge in [0.2, 0.25) is 0 Å². The Hall–Kier alpha value is -1.16. The van der Waals surface area contributed by atoms with Gasteiger partial charge in [-0.2, -0.15) is 0 Å². The normalized spacial score (nSPS) is 9.83. The molecule has 0 bridgehead atoms. The topological polar surface area (TPSA) is 47.0 Å². The molecule has 4 nitrogen and oxygen atoms in total. The van der Waals surface area contributed by atoms with Gasteiger partial charge < -0.3 is 4.74 Å². The number of ether oxygens (including phenoxy) is 1. The summed E-state index contributed by atoms with van der Waals surface area (Å²) in [5.74, 6) is 1.54. The summed E-state index contributed by atoms with van der Waals surface area (Å²) in [5, 5.41) is 2.87. The third-order valence-corrected chi connectivity index (χ3v) is 1.38. The van der Waals surface area contributed by atoms with Crippen LogP contribution >= 0.6 is 0 Å². The van der Waals surface area contributed by atoms with Crippen molar-refractivity contribution >= 4 is 0 Å². The van der Waals surface area contributed by atoms with Gasteiger partial charge in [0, 0.05) is 6.42 Å². The van der Waals surface area contributed by atoms with E-state index in [0.29, 0.717) is 12.5 Å². The van der Waals surface area contributed by atoms with Crippen molar-refractivity contribution in [2.24, 2.45) is 0 Å². The lowest BCUT2D eigenvalue weighted by Gasteiger charge is -2.03. The minimum absolute atomic E-state index is 0.481. The van der Waals surface area contributed by atoms with Crippen molar-refractivity contribution in [1.29, 1.82) is 0 Å². The number of nitrogens with one attached hydrogen (secondary N) is 1. The molecule has 0 aliphatic carbocycles. The van der Waals surface area contributed by atoms with Crippen LogP contribution in [0, 0.1) is 0 Å². The van der Waals surface area contributed by atoms with Crippen molar-refractivity contribution < 1.29 is 4.74 Å². The van der Waals surface area contributed by atoms with Crippen LogP contribution in [0.5, 0.6) is 5.75 Å². The van der Waals surface area contributed by atoms with Crippen molar-refractivity contribution in [3.05, 3.63) is 18.2 Å². The first kappa shape index (κ1) is 8.93. The molecule has 4 heteroatoms. The minimum atomic E-state index is 0.481. The second-order valence-electron chi connectivity index (χ2n) is 2.33. The van der Waals surface area contributed by atoms with Gasteiger partial charge >= 0.3 is 0 Å². The molecule has 0 radical (unpaired) electrons. The van der Waals surface area contributed by atoms with E-state index in [2.05, 4.69) is 15.3 Å². The Morgan fingerprint density at radius 1 is 1.42 bits per heavy atom. The van der Waals surface area contributed by atoms with E-state index in [1.54, 1.807) is 12.4 Å². The molecule has 0 saturated carbocycles. The van der Waals surface area contributed by atoms with Gasteiger partial charge in [-0.3, -0.25) is 5.32 Å². The highest BCUT2D eigenvalue weighted by atomic mass is 16.5.